The van der Waals surface area contributed by atoms with Crippen LogP contribution in [0.4, 0.5) is 0 Å². The van der Waals surface area contributed by atoms with Gasteiger partial charge in [-0.15, -0.1) is 0 Å². The van der Waals surface area contributed by atoms with E-state index in [4.69, 9.17) is 4.74 Å². The van der Waals surface area contributed by atoms with E-state index in [0.717, 1.165) is 13.0 Å². The van der Waals surface area contributed by atoms with Crippen LogP contribution in [-0.4, -0.2) is 52.4 Å². The van der Waals surface area contributed by atoms with Crippen LogP contribution >= 0.6 is 0 Å². The lowest BCUT2D eigenvalue weighted by atomic mass is 10.1. The number of aliphatic imine (C=N–C) groups is 1. The third-order valence-electron chi connectivity index (χ3n) is 4.90. The van der Waals surface area contributed by atoms with Crippen molar-refractivity contribution < 1.29 is 13.2 Å². The maximum absolute atomic E-state index is 12.5. The van der Waals surface area contributed by atoms with Crippen molar-refractivity contribution in [2.24, 2.45) is 4.99 Å². The highest BCUT2D eigenvalue weighted by atomic mass is 32.2. The van der Waals surface area contributed by atoms with Crippen LogP contribution < -0.4 is 9.46 Å². The van der Waals surface area contributed by atoms with E-state index in [0.29, 0.717) is 34.2 Å². The maximum Gasteiger partial charge on any atom is 0.264 e. The fraction of sp³-hybridized carbons (Fsp3) is 0.526. The molecule has 6 nitrogen and oxygen atoms in total. The normalized spacial score (nSPS) is 21.8. The Kier molecular flexibility index (Phi) is 5.98. The molecule has 1 saturated heterocycles. The predicted molar refractivity (Wildman–Crippen MR) is 105 cm³/mol. The highest BCUT2D eigenvalue weighted by Crippen LogP contribution is 2.30. The van der Waals surface area contributed by atoms with Gasteiger partial charge in [-0.25, -0.2) is 8.42 Å². The van der Waals surface area contributed by atoms with Crippen molar-refractivity contribution >= 4 is 20.8 Å². The Morgan fingerprint density at radius 3 is 2.50 bits per heavy atom. The number of benzene rings is 1. The van der Waals surface area contributed by atoms with E-state index in [9.17, 15) is 8.42 Å². The Balaban J connectivity index is 1.69. The van der Waals surface area contributed by atoms with E-state index in [1.807, 2.05) is 0 Å². The number of hydrogen-bond acceptors (Lipinski definition) is 5. The van der Waals surface area contributed by atoms with Crippen LogP contribution in [0, 0.1) is 0 Å². The second-order valence-electron chi connectivity index (χ2n) is 6.77. The van der Waals surface area contributed by atoms with Crippen molar-refractivity contribution in [1.82, 2.24) is 9.62 Å². The van der Waals surface area contributed by atoms with Crippen LogP contribution in [0.25, 0.3) is 4.91 Å². The van der Waals surface area contributed by atoms with Gasteiger partial charge in [-0.1, -0.05) is 6.42 Å². The van der Waals surface area contributed by atoms with E-state index in [-0.39, 0.29) is 0 Å². The van der Waals surface area contributed by atoms with Gasteiger partial charge in [-0.2, -0.15) is 0 Å². The largest absolute Gasteiger partial charge is 0.497 e. The lowest BCUT2D eigenvalue weighted by Gasteiger charge is -2.25. The van der Waals surface area contributed by atoms with E-state index < -0.39 is 10.0 Å². The lowest BCUT2D eigenvalue weighted by molar-refractivity contribution is 0.228. The molecule has 0 aliphatic carbocycles. The van der Waals surface area contributed by atoms with Gasteiger partial charge in [-0.3, -0.25) is 9.71 Å². The predicted octanol–water partition coefficient (Wildman–Crippen LogP) is 2.63. The van der Waals surface area contributed by atoms with Crippen molar-refractivity contribution in [2.75, 3.05) is 33.3 Å². The summed E-state index contributed by atoms with van der Waals surface area (Å²) in [6, 6.07) is 7.05. The molecule has 1 aromatic rings. The number of nitrogens with one attached hydrogen (secondary N) is 1. The summed E-state index contributed by atoms with van der Waals surface area (Å²) in [6.07, 6.45) is 4.83. The summed E-state index contributed by atoms with van der Waals surface area (Å²) >= 11 is 0. The van der Waals surface area contributed by atoms with Gasteiger partial charge in [0.1, 0.15) is 16.5 Å². The van der Waals surface area contributed by atoms with Gasteiger partial charge >= 0.3 is 0 Å². The van der Waals surface area contributed by atoms with Crippen molar-refractivity contribution in [3.8, 4) is 5.75 Å². The fourth-order valence-electron chi connectivity index (χ4n) is 3.50. The second-order valence-corrected chi connectivity index (χ2v) is 8.39. The van der Waals surface area contributed by atoms with E-state index >= 15 is 0 Å². The molecule has 0 spiro atoms. The van der Waals surface area contributed by atoms with E-state index in [1.165, 1.54) is 32.4 Å². The summed E-state index contributed by atoms with van der Waals surface area (Å²) in [6.45, 7) is 5.80. The number of rotatable bonds is 6. The lowest BCUT2D eigenvalue weighted by Crippen LogP contribution is -2.31. The van der Waals surface area contributed by atoms with Crippen LogP contribution in [0.1, 0.15) is 38.2 Å². The van der Waals surface area contributed by atoms with Crippen molar-refractivity contribution in [3.63, 3.8) is 0 Å². The van der Waals surface area contributed by atoms with Crippen LogP contribution in [0.3, 0.4) is 0 Å². The molecule has 3 rings (SSSR count). The first-order valence-electron chi connectivity index (χ1n) is 9.16. The van der Waals surface area contributed by atoms with Gasteiger partial charge in [-0.05, 0) is 75.6 Å². The molecule has 1 N–H and O–H groups in total. The van der Waals surface area contributed by atoms with E-state index in [1.54, 1.807) is 38.3 Å². The average Bonchev–Trinajstić information content (AvgIpc) is 2.88. The second kappa shape index (κ2) is 8.22. The summed E-state index contributed by atoms with van der Waals surface area (Å²) in [5.74, 6) is 1.16. The number of amidine groups is 1. The zero-order chi connectivity index (χ0) is 18.6. The highest BCUT2D eigenvalue weighted by Gasteiger charge is 2.32. The number of likely N-dealkylation sites (tertiary alicyclic amines) is 1. The third kappa shape index (κ3) is 4.27. The molecular formula is C19H27N3O3S. The molecule has 0 amide bonds. The molecule has 0 aromatic heterocycles. The molecule has 2 heterocycles. The van der Waals surface area contributed by atoms with Gasteiger partial charge in [0.2, 0.25) is 0 Å². The average molecular weight is 378 g/mol. The minimum atomic E-state index is -3.57. The van der Waals surface area contributed by atoms with Crippen LogP contribution in [0.5, 0.6) is 5.75 Å². The molecule has 2 aliphatic heterocycles. The molecule has 26 heavy (non-hydrogen) atoms. The Bertz CT molecular complexity index is 792. The van der Waals surface area contributed by atoms with Crippen molar-refractivity contribution in [2.45, 2.75) is 32.6 Å². The Morgan fingerprint density at radius 2 is 1.85 bits per heavy atom. The first-order chi connectivity index (χ1) is 12.5. The number of ether oxygens (including phenoxy) is 1. The zero-order valence-corrected chi connectivity index (χ0v) is 16.3. The number of nitrogens with zero attached hydrogens (tertiary/aromatic N) is 2. The Morgan fingerprint density at radius 1 is 1.15 bits per heavy atom. The molecule has 0 saturated carbocycles. The summed E-state index contributed by atoms with van der Waals surface area (Å²) < 4.78 is 32.8. The summed E-state index contributed by atoms with van der Waals surface area (Å²) in [5, 5.41) is 0. The first kappa shape index (κ1) is 18.9. The van der Waals surface area contributed by atoms with Crippen LogP contribution in [-0.2, 0) is 10.0 Å². The molecule has 0 bridgehead atoms. The summed E-state index contributed by atoms with van der Waals surface area (Å²) in [4.78, 5) is 7.28. The summed E-state index contributed by atoms with van der Waals surface area (Å²) in [5.41, 5.74) is 1.32. The quantitative estimate of drug-likeness (QED) is 0.774. The number of piperidine rings is 1. The topological polar surface area (TPSA) is 71.0 Å². The monoisotopic (exact) mass is 377 g/mol. The van der Waals surface area contributed by atoms with E-state index in [2.05, 4.69) is 14.6 Å². The summed E-state index contributed by atoms with van der Waals surface area (Å²) in [7, 11) is -1.98. The molecule has 2 aliphatic rings. The third-order valence-corrected chi connectivity index (χ3v) is 6.44. The van der Waals surface area contributed by atoms with Gasteiger partial charge in [0.05, 0.1) is 7.11 Å². The zero-order valence-electron chi connectivity index (χ0n) is 15.5. The van der Waals surface area contributed by atoms with Crippen molar-refractivity contribution in [3.05, 3.63) is 35.4 Å². The van der Waals surface area contributed by atoms with Gasteiger partial charge < -0.3 is 9.64 Å². The van der Waals surface area contributed by atoms with Crippen LogP contribution in [0.2, 0.25) is 0 Å². The number of sulfonamides is 1. The number of methoxy groups -OCH3 is 1. The standard InChI is InChI=1S/C19H27N3O3S/c1-15-18(16-7-9-17(25-2)10-8-16)26(23,24)21-19(15)20-11-6-14-22-12-4-3-5-13-22/h7-10H,3-6,11-14H2,1-2H3,(H,20,21). The molecule has 1 fully saturated rings. The molecule has 0 unspecified atom stereocenters. The highest BCUT2D eigenvalue weighted by molar-refractivity contribution is 8.00. The molecule has 7 heteroatoms. The van der Waals surface area contributed by atoms with Crippen molar-refractivity contribution in [1.29, 1.82) is 0 Å². The van der Waals surface area contributed by atoms with Gasteiger partial charge in [0.15, 0.2) is 0 Å². The smallest absolute Gasteiger partial charge is 0.264 e. The maximum atomic E-state index is 12.5. The van der Waals surface area contributed by atoms with Crippen LogP contribution in [0.15, 0.2) is 34.8 Å². The molecule has 0 atom stereocenters. The SMILES string of the molecule is COc1ccc(C2=C(C)C(=NCCCN3CCCCC3)NS2(=O)=O)cc1. The minimum absolute atomic E-state index is 0.301. The Hall–Kier alpha value is -1.86. The Labute approximate surface area is 156 Å². The molecule has 1 aromatic carbocycles. The van der Waals surface area contributed by atoms with Gasteiger partial charge in [0, 0.05) is 12.1 Å². The van der Waals surface area contributed by atoms with Gasteiger partial charge in [0.25, 0.3) is 10.0 Å². The first-order valence-corrected chi connectivity index (χ1v) is 10.6. The molecule has 0 radical (unpaired) electrons. The number of hydrogen-bond donors (Lipinski definition) is 1. The fourth-order valence-corrected chi connectivity index (χ4v) is 5.02. The molecular weight excluding hydrogens is 350 g/mol. The molecule has 142 valence electrons. The minimum Gasteiger partial charge on any atom is -0.497 e.